The van der Waals surface area contributed by atoms with Crippen molar-refractivity contribution in [3.05, 3.63) is 66.3 Å². The van der Waals surface area contributed by atoms with Crippen LogP contribution in [0.4, 0.5) is 10.1 Å². The minimum absolute atomic E-state index is 0.0561. The smallest absolute Gasteiger partial charge is 0.279 e. The van der Waals surface area contributed by atoms with E-state index in [-0.39, 0.29) is 11.7 Å². The van der Waals surface area contributed by atoms with Gasteiger partial charge in [0.2, 0.25) is 5.89 Å². The summed E-state index contributed by atoms with van der Waals surface area (Å²) in [5.41, 5.74) is 1.54. The molecule has 2 aromatic carbocycles. The molecule has 0 radical (unpaired) electrons. The molecule has 0 bridgehead atoms. The van der Waals surface area contributed by atoms with Crippen LogP contribution >= 0.6 is 0 Å². The van der Waals surface area contributed by atoms with Gasteiger partial charge in [-0.25, -0.2) is 4.39 Å². The lowest BCUT2D eigenvalue weighted by atomic mass is 10.2. The number of piperazine rings is 1. The average molecular weight is 397 g/mol. The molecule has 0 spiro atoms. The van der Waals surface area contributed by atoms with E-state index in [0.717, 1.165) is 31.7 Å². The van der Waals surface area contributed by atoms with Crippen molar-refractivity contribution in [3.63, 3.8) is 0 Å². The molecule has 3 aromatic rings. The summed E-state index contributed by atoms with van der Waals surface area (Å²) < 4.78 is 18.7. The van der Waals surface area contributed by atoms with Crippen LogP contribution in [0.5, 0.6) is 0 Å². The minimum Gasteiger partial charge on any atom is -0.415 e. The lowest BCUT2D eigenvalue weighted by Crippen LogP contribution is -3.28. The molecule has 0 unspecified atom stereocenters. The van der Waals surface area contributed by atoms with Crippen LogP contribution in [-0.2, 0) is 11.3 Å². The van der Waals surface area contributed by atoms with Crippen molar-refractivity contribution in [2.45, 2.75) is 6.54 Å². The first-order valence-corrected chi connectivity index (χ1v) is 9.76. The number of hydrogen-bond acceptors (Lipinski definition) is 4. The number of quaternary nitrogens is 2. The summed E-state index contributed by atoms with van der Waals surface area (Å²) >= 11 is 0. The number of amides is 1. The second-order valence-corrected chi connectivity index (χ2v) is 7.28. The first-order chi connectivity index (χ1) is 14.2. The highest BCUT2D eigenvalue weighted by atomic mass is 19.1. The Hall–Kier alpha value is -3.10. The van der Waals surface area contributed by atoms with E-state index in [1.54, 1.807) is 12.1 Å². The lowest BCUT2D eigenvalue weighted by molar-refractivity contribution is -1.02. The topological polar surface area (TPSA) is 76.9 Å². The van der Waals surface area contributed by atoms with Gasteiger partial charge in [-0.15, -0.1) is 10.2 Å². The van der Waals surface area contributed by atoms with Gasteiger partial charge in [0.25, 0.3) is 11.8 Å². The van der Waals surface area contributed by atoms with Gasteiger partial charge in [0.05, 0.1) is 0 Å². The molecule has 0 atom stereocenters. The summed E-state index contributed by atoms with van der Waals surface area (Å²) in [6.45, 7) is 4.75. The number of rotatable bonds is 6. The van der Waals surface area contributed by atoms with Crippen LogP contribution in [0.3, 0.4) is 0 Å². The molecular formula is C21H24FN5O2+2. The third-order valence-corrected chi connectivity index (χ3v) is 5.09. The highest BCUT2D eigenvalue weighted by molar-refractivity contribution is 5.91. The van der Waals surface area contributed by atoms with E-state index in [0.29, 0.717) is 30.6 Å². The Morgan fingerprint density at radius 3 is 2.38 bits per heavy atom. The molecule has 1 fully saturated rings. The van der Waals surface area contributed by atoms with Crippen LogP contribution in [0, 0.1) is 5.82 Å². The summed E-state index contributed by atoms with van der Waals surface area (Å²) in [4.78, 5) is 14.8. The molecule has 1 aliphatic rings. The molecule has 1 aromatic heterocycles. The van der Waals surface area contributed by atoms with E-state index in [2.05, 4.69) is 15.5 Å². The monoisotopic (exact) mass is 397 g/mol. The van der Waals surface area contributed by atoms with Gasteiger partial charge < -0.3 is 19.5 Å². The van der Waals surface area contributed by atoms with Gasteiger partial charge in [-0.05, 0) is 36.4 Å². The number of anilines is 1. The van der Waals surface area contributed by atoms with E-state index >= 15 is 0 Å². The van der Waals surface area contributed by atoms with E-state index in [1.807, 2.05) is 30.3 Å². The van der Waals surface area contributed by atoms with Gasteiger partial charge in [0.15, 0.2) is 13.1 Å². The molecule has 2 heterocycles. The molecule has 3 N–H and O–H groups in total. The molecule has 1 aliphatic heterocycles. The fourth-order valence-electron chi connectivity index (χ4n) is 3.51. The first kappa shape index (κ1) is 19.2. The number of benzene rings is 2. The van der Waals surface area contributed by atoms with E-state index in [9.17, 15) is 9.18 Å². The Bertz CT molecular complexity index is 937. The highest BCUT2D eigenvalue weighted by Crippen LogP contribution is 2.16. The largest absolute Gasteiger partial charge is 0.415 e. The number of nitrogens with zero attached hydrogens (tertiary/aromatic N) is 2. The molecule has 1 saturated heterocycles. The number of hydrogen-bond donors (Lipinski definition) is 3. The summed E-state index contributed by atoms with van der Waals surface area (Å²) in [7, 11) is 0. The van der Waals surface area contributed by atoms with Gasteiger partial charge >= 0.3 is 0 Å². The van der Waals surface area contributed by atoms with Crippen molar-refractivity contribution in [3.8, 4) is 11.5 Å². The van der Waals surface area contributed by atoms with Crippen molar-refractivity contribution in [2.24, 2.45) is 0 Å². The Morgan fingerprint density at radius 2 is 1.66 bits per heavy atom. The van der Waals surface area contributed by atoms with E-state index < -0.39 is 0 Å². The second kappa shape index (κ2) is 8.93. The molecular weight excluding hydrogens is 373 g/mol. The van der Waals surface area contributed by atoms with Crippen LogP contribution in [-0.4, -0.2) is 48.8 Å². The normalized spacial score (nSPS) is 19.1. The zero-order chi connectivity index (χ0) is 20.1. The minimum atomic E-state index is -0.315. The SMILES string of the molecule is O=C(C[NH+]1CC[NH+](Cc2nnc(-c3ccccc3)o2)CC1)Nc1ccc(F)cc1. The van der Waals surface area contributed by atoms with Gasteiger partial charge in [-0.1, -0.05) is 18.2 Å². The molecule has 0 aliphatic carbocycles. The van der Waals surface area contributed by atoms with Crippen LogP contribution < -0.4 is 15.1 Å². The quantitative estimate of drug-likeness (QED) is 0.538. The number of halogens is 1. The molecule has 7 nitrogen and oxygen atoms in total. The second-order valence-electron chi connectivity index (χ2n) is 7.28. The third-order valence-electron chi connectivity index (χ3n) is 5.09. The zero-order valence-electron chi connectivity index (χ0n) is 16.0. The number of carbonyl (C=O) groups excluding carboxylic acids is 1. The van der Waals surface area contributed by atoms with Gasteiger partial charge in [-0.2, -0.15) is 0 Å². The van der Waals surface area contributed by atoms with Gasteiger partial charge in [0, 0.05) is 11.3 Å². The van der Waals surface area contributed by atoms with Gasteiger partial charge in [0.1, 0.15) is 32.0 Å². The van der Waals surface area contributed by atoms with E-state index in [1.165, 1.54) is 21.9 Å². The van der Waals surface area contributed by atoms with Crippen LogP contribution in [0.15, 0.2) is 59.0 Å². The van der Waals surface area contributed by atoms with E-state index in [4.69, 9.17) is 4.42 Å². The maximum atomic E-state index is 12.9. The van der Waals surface area contributed by atoms with Crippen molar-refractivity contribution >= 4 is 11.6 Å². The number of nitrogens with one attached hydrogen (secondary N) is 3. The predicted octanol–water partition coefficient (Wildman–Crippen LogP) is -0.202. The molecule has 150 valence electrons. The zero-order valence-corrected chi connectivity index (χ0v) is 16.0. The lowest BCUT2D eigenvalue weighted by Gasteiger charge is -2.28. The van der Waals surface area contributed by atoms with Crippen LogP contribution in [0.25, 0.3) is 11.5 Å². The molecule has 1 amide bonds. The summed E-state index contributed by atoms with van der Waals surface area (Å²) in [5, 5.41) is 11.1. The average Bonchev–Trinajstić information content (AvgIpc) is 3.20. The molecule has 8 heteroatoms. The van der Waals surface area contributed by atoms with Crippen molar-refractivity contribution in [2.75, 3.05) is 38.0 Å². The predicted molar refractivity (Wildman–Crippen MR) is 105 cm³/mol. The summed E-state index contributed by atoms with van der Waals surface area (Å²) in [5.74, 6) is 0.808. The number of aromatic nitrogens is 2. The fraction of sp³-hybridized carbons (Fsp3) is 0.286. The maximum absolute atomic E-state index is 12.9. The molecule has 4 rings (SSSR count). The first-order valence-electron chi connectivity index (χ1n) is 9.76. The van der Waals surface area contributed by atoms with Crippen LogP contribution in [0.1, 0.15) is 5.89 Å². The summed E-state index contributed by atoms with van der Waals surface area (Å²) in [6.07, 6.45) is 0. The highest BCUT2D eigenvalue weighted by Gasteiger charge is 2.26. The van der Waals surface area contributed by atoms with Crippen molar-refractivity contribution < 1.29 is 23.4 Å². The Labute approximate surface area is 168 Å². The summed E-state index contributed by atoms with van der Waals surface area (Å²) in [6, 6.07) is 15.5. The maximum Gasteiger partial charge on any atom is 0.279 e. The van der Waals surface area contributed by atoms with Gasteiger partial charge in [-0.3, -0.25) is 4.79 Å². The molecule has 0 saturated carbocycles. The van der Waals surface area contributed by atoms with Crippen LogP contribution in [0.2, 0.25) is 0 Å². The Balaban J connectivity index is 1.23. The third kappa shape index (κ3) is 5.24. The fourth-order valence-corrected chi connectivity index (χ4v) is 3.51. The standard InChI is InChI=1S/C21H22FN5O2/c22-17-6-8-18(9-7-17)23-19(28)14-26-10-12-27(13-11-26)15-20-24-25-21(29-20)16-4-2-1-3-5-16/h1-9H,10-15H2,(H,23,28)/p+2. The van der Waals surface area contributed by atoms with Crippen molar-refractivity contribution in [1.82, 2.24) is 10.2 Å². The van der Waals surface area contributed by atoms with Crippen molar-refractivity contribution in [1.29, 1.82) is 0 Å². The number of carbonyl (C=O) groups is 1. The molecule has 29 heavy (non-hydrogen) atoms. The Kier molecular flexibility index (Phi) is 5.92. The Morgan fingerprint density at radius 1 is 0.966 bits per heavy atom.